The summed E-state index contributed by atoms with van der Waals surface area (Å²) in [7, 11) is 1.96. The SMILES string of the molecule is Cn1nc(C(C)(C)C)cc1-c1ncc(C(C)(C)C)[nH]1. The molecule has 19 heavy (non-hydrogen) atoms. The number of rotatable bonds is 1. The zero-order valence-electron chi connectivity index (χ0n) is 13.0. The van der Waals surface area contributed by atoms with Crippen molar-refractivity contribution in [1.29, 1.82) is 0 Å². The van der Waals surface area contributed by atoms with E-state index < -0.39 is 0 Å². The molecule has 0 radical (unpaired) electrons. The number of aromatic amines is 1. The fraction of sp³-hybridized carbons (Fsp3) is 0.600. The number of nitrogens with one attached hydrogen (secondary N) is 1. The molecule has 2 aromatic heterocycles. The highest BCUT2D eigenvalue weighted by Gasteiger charge is 2.22. The predicted octanol–water partition coefficient (Wildman–Crippen LogP) is 3.41. The molecule has 2 rings (SSSR count). The van der Waals surface area contributed by atoms with E-state index in [-0.39, 0.29) is 10.8 Å². The summed E-state index contributed by atoms with van der Waals surface area (Å²) in [6, 6.07) is 2.12. The Morgan fingerprint density at radius 1 is 1.05 bits per heavy atom. The molecule has 0 aliphatic rings. The van der Waals surface area contributed by atoms with E-state index in [4.69, 9.17) is 0 Å². The molecule has 0 aliphatic carbocycles. The number of H-pyrrole nitrogens is 1. The highest BCUT2D eigenvalue weighted by molar-refractivity contribution is 5.52. The lowest BCUT2D eigenvalue weighted by Crippen LogP contribution is -2.12. The van der Waals surface area contributed by atoms with E-state index in [1.807, 2.05) is 17.9 Å². The van der Waals surface area contributed by atoms with Crippen molar-refractivity contribution in [2.75, 3.05) is 0 Å². The van der Waals surface area contributed by atoms with E-state index in [9.17, 15) is 0 Å². The largest absolute Gasteiger partial charge is 0.340 e. The first-order valence-corrected chi connectivity index (χ1v) is 6.69. The molecular formula is C15H24N4. The van der Waals surface area contributed by atoms with Gasteiger partial charge in [0, 0.05) is 29.8 Å². The van der Waals surface area contributed by atoms with Gasteiger partial charge in [0.05, 0.1) is 5.69 Å². The molecule has 1 N–H and O–H groups in total. The van der Waals surface area contributed by atoms with Crippen molar-refractivity contribution in [2.24, 2.45) is 7.05 Å². The van der Waals surface area contributed by atoms with Crippen LogP contribution in [0.15, 0.2) is 12.3 Å². The zero-order valence-corrected chi connectivity index (χ0v) is 13.0. The molecular weight excluding hydrogens is 236 g/mol. The van der Waals surface area contributed by atoms with Gasteiger partial charge in [0.25, 0.3) is 0 Å². The number of imidazole rings is 1. The number of hydrogen-bond acceptors (Lipinski definition) is 2. The molecule has 0 fully saturated rings. The van der Waals surface area contributed by atoms with Crippen LogP contribution in [0.4, 0.5) is 0 Å². The minimum atomic E-state index is 0.0511. The molecule has 4 heteroatoms. The molecule has 0 bridgehead atoms. The lowest BCUT2D eigenvalue weighted by atomic mass is 9.92. The van der Waals surface area contributed by atoms with Crippen LogP contribution in [-0.4, -0.2) is 19.7 Å². The Hall–Kier alpha value is -1.58. The van der Waals surface area contributed by atoms with Gasteiger partial charge in [0.1, 0.15) is 5.69 Å². The highest BCUT2D eigenvalue weighted by Crippen LogP contribution is 2.27. The summed E-state index contributed by atoms with van der Waals surface area (Å²) in [5, 5.41) is 4.59. The van der Waals surface area contributed by atoms with Gasteiger partial charge in [-0.25, -0.2) is 4.98 Å². The third-order valence-corrected chi connectivity index (χ3v) is 3.27. The van der Waals surface area contributed by atoms with Crippen LogP contribution in [0.3, 0.4) is 0 Å². The number of aryl methyl sites for hydroxylation is 1. The van der Waals surface area contributed by atoms with Gasteiger partial charge in [-0.1, -0.05) is 41.5 Å². The summed E-state index contributed by atoms with van der Waals surface area (Å²) in [4.78, 5) is 7.90. The Balaban J connectivity index is 2.43. The maximum Gasteiger partial charge on any atom is 0.155 e. The summed E-state index contributed by atoms with van der Waals surface area (Å²) >= 11 is 0. The van der Waals surface area contributed by atoms with Gasteiger partial charge in [0.2, 0.25) is 0 Å². The van der Waals surface area contributed by atoms with Crippen LogP contribution in [0.5, 0.6) is 0 Å². The van der Waals surface area contributed by atoms with Crippen molar-refractivity contribution in [2.45, 2.75) is 52.4 Å². The van der Waals surface area contributed by atoms with E-state index in [0.717, 1.165) is 22.9 Å². The van der Waals surface area contributed by atoms with Gasteiger partial charge in [-0.2, -0.15) is 5.10 Å². The summed E-state index contributed by atoms with van der Waals surface area (Å²) in [5.41, 5.74) is 3.38. The third kappa shape index (κ3) is 2.72. The van der Waals surface area contributed by atoms with Crippen LogP contribution in [0, 0.1) is 0 Å². The quantitative estimate of drug-likeness (QED) is 0.854. The van der Waals surface area contributed by atoms with E-state index in [1.54, 1.807) is 0 Å². The first-order valence-electron chi connectivity index (χ1n) is 6.69. The molecule has 0 unspecified atom stereocenters. The van der Waals surface area contributed by atoms with Gasteiger partial charge in [-0.3, -0.25) is 4.68 Å². The molecule has 0 spiro atoms. The molecule has 104 valence electrons. The van der Waals surface area contributed by atoms with Crippen LogP contribution < -0.4 is 0 Å². The molecule has 2 heterocycles. The third-order valence-electron chi connectivity index (χ3n) is 3.27. The van der Waals surface area contributed by atoms with Crippen LogP contribution >= 0.6 is 0 Å². The molecule has 0 aliphatic heterocycles. The van der Waals surface area contributed by atoms with Crippen molar-refractivity contribution in [1.82, 2.24) is 19.7 Å². The summed E-state index contributed by atoms with van der Waals surface area (Å²) in [6.45, 7) is 13.0. The average molecular weight is 260 g/mol. The monoisotopic (exact) mass is 260 g/mol. The minimum absolute atomic E-state index is 0.0511. The molecule has 0 saturated heterocycles. The number of aromatic nitrogens is 4. The zero-order chi connectivity index (χ0) is 14.4. The van der Waals surface area contributed by atoms with E-state index in [2.05, 4.69) is 62.7 Å². The van der Waals surface area contributed by atoms with E-state index >= 15 is 0 Å². The van der Waals surface area contributed by atoms with Gasteiger partial charge in [-0.05, 0) is 6.07 Å². The molecule has 0 aromatic carbocycles. The van der Waals surface area contributed by atoms with Gasteiger partial charge in [0.15, 0.2) is 5.82 Å². The molecule has 2 aromatic rings. The first kappa shape index (κ1) is 13.8. The summed E-state index contributed by atoms with van der Waals surface area (Å²) < 4.78 is 1.89. The lowest BCUT2D eigenvalue weighted by Gasteiger charge is -2.15. The molecule has 4 nitrogen and oxygen atoms in total. The second-order valence-corrected chi connectivity index (χ2v) is 7.18. The van der Waals surface area contributed by atoms with E-state index in [0.29, 0.717) is 0 Å². The van der Waals surface area contributed by atoms with Gasteiger partial charge in [-0.15, -0.1) is 0 Å². The molecule has 0 amide bonds. The highest BCUT2D eigenvalue weighted by atomic mass is 15.3. The smallest absolute Gasteiger partial charge is 0.155 e. The lowest BCUT2D eigenvalue weighted by molar-refractivity contribution is 0.553. The van der Waals surface area contributed by atoms with E-state index in [1.165, 1.54) is 0 Å². The maximum absolute atomic E-state index is 4.59. The van der Waals surface area contributed by atoms with Crippen molar-refractivity contribution in [3.63, 3.8) is 0 Å². The maximum atomic E-state index is 4.59. The number of nitrogens with zero attached hydrogens (tertiary/aromatic N) is 3. The van der Waals surface area contributed by atoms with Crippen molar-refractivity contribution in [3.05, 3.63) is 23.7 Å². The Morgan fingerprint density at radius 3 is 2.11 bits per heavy atom. The second-order valence-electron chi connectivity index (χ2n) is 7.18. The standard InChI is InChI=1S/C15H24N4/c1-14(2,3)11-8-10(19(7)18-11)13-16-9-12(17-13)15(4,5)6/h8-9H,1-7H3,(H,16,17). The Morgan fingerprint density at radius 2 is 1.68 bits per heavy atom. The van der Waals surface area contributed by atoms with Crippen LogP contribution in [0.1, 0.15) is 52.9 Å². The summed E-state index contributed by atoms with van der Waals surface area (Å²) in [6.07, 6.45) is 1.92. The predicted molar refractivity (Wildman–Crippen MR) is 78.2 cm³/mol. The van der Waals surface area contributed by atoms with Crippen LogP contribution in [0.25, 0.3) is 11.5 Å². The van der Waals surface area contributed by atoms with Gasteiger partial charge >= 0.3 is 0 Å². The Labute approximate surface area is 115 Å². The van der Waals surface area contributed by atoms with Crippen molar-refractivity contribution < 1.29 is 0 Å². The van der Waals surface area contributed by atoms with Crippen molar-refractivity contribution in [3.8, 4) is 11.5 Å². The first-order chi connectivity index (χ1) is 8.59. The Bertz CT molecular complexity index is 576. The fourth-order valence-electron chi connectivity index (χ4n) is 1.89. The molecule has 0 saturated carbocycles. The van der Waals surface area contributed by atoms with Crippen LogP contribution in [0.2, 0.25) is 0 Å². The number of hydrogen-bond donors (Lipinski definition) is 1. The minimum Gasteiger partial charge on any atom is -0.340 e. The Kier molecular flexibility index (Phi) is 3.07. The average Bonchev–Trinajstić information content (AvgIpc) is 2.80. The van der Waals surface area contributed by atoms with Crippen molar-refractivity contribution >= 4 is 0 Å². The molecule has 0 atom stereocenters. The summed E-state index contributed by atoms with van der Waals surface area (Å²) in [5.74, 6) is 0.885. The van der Waals surface area contributed by atoms with Crippen LogP contribution in [-0.2, 0) is 17.9 Å². The second kappa shape index (κ2) is 4.22. The normalized spacial score (nSPS) is 13.0. The fourth-order valence-corrected chi connectivity index (χ4v) is 1.89. The van der Waals surface area contributed by atoms with Gasteiger partial charge < -0.3 is 4.98 Å². The topological polar surface area (TPSA) is 46.5 Å².